The van der Waals surface area contributed by atoms with E-state index < -0.39 is 12.0 Å². The Morgan fingerprint density at radius 1 is 1.27 bits per heavy atom. The number of H-pyrrole nitrogens is 1. The number of hydrogen-bond acceptors (Lipinski definition) is 6. The third-order valence-corrected chi connectivity index (χ3v) is 4.99. The highest BCUT2D eigenvalue weighted by Crippen LogP contribution is 2.30. The molecule has 0 fully saturated rings. The molecular formula is C25H29N5O3. The van der Waals surface area contributed by atoms with Gasteiger partial charge in [0.1, 0.15) is 5.75 Å². The molecule has 33 heavy (non-hydrogen) atoms. The van der Waals surface area contributed by atoms with E-state index in [1.54, 1.807) is 31.5 Å². The average Bonchev–Trinajstić information content (AvgIpc) is 3.30. The first kappa shape index (κ1) is 23.9. The van der Waals surface area contributed by atoms with E-state index in [1.807, 2.05) is 55.4 Å². The topological polar surface area (TPSA) is 103 Å². The fourth-order valence-electron chi connectivity index (χ4n) is 3.16. The number of aromatic amines is 1. The summed E-state index contributed by atoms with van der Waals surface area (Å²) in [4.78, 5) is 18.6. The number of nitrogens with one attached hydrogen (secondary N) is 2. The van der Waals surface area contributed by atoms with Crippen molar-refractivity contribution in [3.63, 3.8) is 0 Å². The van der Waals surface area contributed by atoms with Crippen molar-refractivity contribution in [3.05, 3.63) is 72.3 Å². The zero-order valence-electron chi connectivity index (χ0n) is 19.1. The summed E-state index contributed by atoms with van der Waals surface area (Å²) in [6.45, 7) is 5.20. The predicted octanol–water partition coefficient (Wildman–Crippen LogP) is 3.21. The van der Waals surface area contributed by atoms with Crippen LogP contribution in [0.4, 0.5) is 5.82 Å². The van der Waals surface area contributed by atoms with E-state index in [2.05, 4.69) is 27.1 Å². The lowest BCUT2D eigenvalue weighted by Gasteiger charge is -2.14. The molecule has 1 heterocycles. The van der Waals surface area contributed by atoms with Gasteiger partial charge in [-0.15, -0.1) is 0 Å². The molecule has 0 spiro atoms. The SMILES string of the molecule is C=C(C=Nc1cc(-c2ccccc2OC)[nH]n1)c1cccc(C(O)C(=O)NCCN(C)C)c1. The van der Waals surface area contributed by atoms with Crippen LogP contribution in [0, 0.1) is 0 Å². The average molecular weight is 448 g/mol. The molecule has 1 atom stereocenters. The van der Waals surface area contributed by atoms with Crippen LogP contribution in [-0.2, 0) is 4.79 Å². The molecule has 1 amide bonds. The number of amides is 1. The molecule has 3 N–H and O–H groups in total. The maximum atomic E-state index is 12.2. The molecule has 0 aliphatic rings. The number of carbonyl (C=O) groups is 1. The van der Waals surface area contributed by atoms with Gasteiger partial charge in [-0.1, -0.05) is 36.9 Å². The molecule has 0 saturated heterocycles. The summed E-state index contributed by atoms with van der Waals surface area (Å²) < 4.78 is 5.39. The molecule has 8 nitrogen and oxygen atoms in total. The van der Waals surface area contributed by atoms with Gasteiger partial charge in [0.05, 0.1) is 12.8 Å². The zero-order chi connectivity index (χ0) is 23.8. The highest BCUT2D eigenvalue weighted by molar-refractivity contribution is 6.09. The summed E-state index contributed by atoms with van der Waals surface area (Å²) in [5, 5.41) is 20.3. The highest BCUT2D eigenvalue weighted by Gasteiger charge is 2.17. The first-order chi connectivity index (χ1) is 15.9. The number of benzene rings is 2. The minimum atomic E-state index is -1.26. The maximum Gasteiger partial charge on any atom is 0.253 e. The van der Waals surface area contributed by atoms with Crippen LogP contribution in [0.3, 0.4) is 0 Å². The standard InChI is InChI=1S/C25H29N5O3/c1-17(16-27-23-15-21(28-29-23)20-10-5-6-11-22(20)33-4)18-8-7-9-19(14-18)24(31)25(32)26-12-13-30(2)3/h5-11,14-16,24,31H,1,12-13H2,2-4H3,(H,26,32)(H,28,29). The Bertz CT molecular complexity index is 1140. The molecule has 2 aromatic carbocycles. The van der Waals surface area contributed by atoms with Gasteiger partial charge in [0, 0.05) is 30.9 Å². The molecule has 172 valence electrons. The van der Waals surface area contributed by atoms with Crippen molar-refractivity contribution >= 4 is 23.5 Å². The van der Waals surface area contributed by atoms with Crippen molar-refractivity contribution in [2.45, 2.75) is 6.10 Å². The second-order valence-electron chi connectivity index (χ2n) is 7.75. The number of likely N-dealkylation sites (N-methyl/N-ethyl adjacent to an activating group) is 1. The van der Waals surface area contributed by atoms with E-state index in [9.17, 15) is 9.90 Å². The molecule has 3 aromatic rings. The number of allylic oxidation sites excluding steroid dienone is 1. The number of methoxy groups -OCH3 is 1. The second-order valence-corrected chi connectivity index (χ2v) is 7.75. The third kappa shape index (κ3) is 6.38. The molecule has 0 aliphatic heterocycles. The van der Waals surface area contributed by atoms with Crippen molar-refractivity contribution in [3.8, 4) is 17.0 Å². The van der Waals surface area contributed by atoms with Crippen molar-refractivity contribution in [2.24, 2.45) is 4.99 Å². The molecule has 0 radical (unpaired) electrons. The van der Waals surface area contributed by atoms with Gasteiger partial charge < -0.3 is 20.1 Å². The van der Waals surface area contributed by atoms with Gasteiger partial charge in [0.2, 0.25) is 0 Å². The van der Waals surface area contributed by atoms with E-state index in [0.29, 0.717) is 30.0 Å². The van der Waals surface area contributed by atoms with Gasteiger partial charge in [-0.3, -0.25) is 9.89 Å². The summed E-state index contributed by atoms with van der Waals surface area (Å²) in [6, 6.07) is 16.5. The fourth-order valence-corrected chi connectivity index (χ4v) is 3.16. The van der Waals surface area contributed by atoms with Crippen LogP contribution < -0.4 is 10.1 Å². The monoisotopic (exact) mass is 447 g/mol. The van der Waals surface area contributed by atoms with Crippen LogP contribution in [0.5, 0.6) is 5.75 Å². The van der Waals surface area contributed by atoms with Gasteiger partial charge >= 0.3 is 0 Å². The molecule has 8 heteroatoms. The Balaban J connectivity index is 1.67. The lowest BCUT2D eigenvalue weighted by atomic mass is 10.0. The lowest BCUT2D eigenvalue weighted by molar-refractivity contribution is -0.129. The molecule has 3 rings (SSSR count). The van der Waals surface area contributed by atoms with E-state index >= 15 is 0 Å². The number of aromatic nitrogens is 2. The molecule has 0 bridgehead atoms. The third-order valence-electron chi connectivity index (χ3n) is 4.99. The Hall–Kier alpha value is -3.75. The summed E-state index contributed by atoms with van der Waals surface area (Å²) in [7, 11) is 5.46. The number of hydrogen-bond donors (Lipinski definition) is 3. The number of aliphatic hydroxyl groups excluding tert-OH is 1. The van der Waals surface area contributed by atoms with Crippen LogP contribution in [-0.4, -0.2) is 66.6 Å². The first-order valence-corrected chi connectivity index (χ1v) is 10.5. The number of carbonyl (C=O) groups excluding carboxylic acids is 1. The zero-order valence-corrected chi connectivity index (χ0v) is 19.1. The normalized spacial score (nSPS) is 12.2. The smallest absolute Gasteiger partial charge is 0.253 e. The number of para-hydroxylation sites is 1. The Morgan fingerprint density at radius 3 is 2.82 bits per heavy atom. The number of aliphatic hydroxyl groups is 1. The van der Waals surface area contributed by atoms with Crippen LogP contribution in [0.25, 0.3) is 16.8 Å². The summed E-state index contributed by atoms with van der Waals surface area (Å²) in [5.74, 6) is 0.796. The quantitative estimate of drug-likeness (QED) is 0.414. The van der Waals surface area contributed by atoms with Crippen molar-refractivity contribution < 1.29 is 14.6 Å². The fraction of sp³-hybridized carbons (Fsp3) is 0.240. The Morgan fingerprint density at radius 2 is 2.06 bits per heavy atom. The maximum absolute atomic E-state index is 12.2. The van der Waals surface area contributed by atoms with Crippen molar-refractivity contribution in [1.82, 2.24) is 20.4 Å². The van der Waals surface area contributed by atoms with Gasteiger partial charge in [-0.25, -0.2) is 4.99 Å². The minimum Gasteiger partial charge on any atom is -0.496 e. The largest absolute Gasteiger partial charge is 0.496 e. The minimum absolute atomic E-state index is 0.436. The van der Waals surface area contributed by atoms with Crippen molar-refractivity contribution in [1.29, 1.82) is 0 Å². The molecule has 0 aliphatic carbocycles. The molecule has 1 unspecified atom stereocenters. The van der Waals surface area contributed by atoms with E-state index in [4.69, 9.17) is 4.74 Å². The van der Waals surface area contributed by atoms with Crippen LogP contribution >= 0.6 is 0 Å². The number of rotatable bonds is 10. The summed E-state index contributed by atoms with van der Waals surface area (Å²) >= 11 is 0. The number of ether oxygens (including phenoxy) is 1. The van der Waals surface area contributed by atoms with E-state index in [0.717, 1.165) is 22.6 Å². The highest BCUT2D eigenvalue weighted by atomic mass is 16.5. The summed E-state index contributed by atoms with van der Waals surface area (Å²) in [5.41, 5.74) is 3.53. The van der Waals surface area contributed by atoms with Gasteiger partial charge in [0.25, 0.3) is 5.91 Å². The second kappa shape index (κ2) is 11.2. The molecular weight excluding hydrogens is 418 g/mol. The van der Waals surface area contributed by atoms with Gasteiger partial charge in [-0.2, -0.15) is 5.10 Å². The van der Waals surface area contributed by atoms with E-state index in [1.165, 1.54) is 0 Å². The first-order valence-electron chi connectivity index (χ1n) is 10.5. The number of aliphatic imine (C=N–C) groups is 1. The van der Waals surface area contributed by atoms with Crippen LogP contribution in [0.1, 0.15) is 17.2 Å². The van der Waals surface area contributed by atoms with Crippen LogP contribution in [0.15, 0.2) is 66.2 Å². The van der Waals surface area contributed by atoms with Crippen LogP contribution in [0.2, 0.25) is 0 Å². The number of nitrogens with zero attached hydrogens (tertiary/aromatic N) is 3. The van der Waals surface area contributed by atoms with E-state index in [-0.39, 0.29) is 0 Å². The predicted molar refractivity (Wildman–Crippen MR) is 131 cm³/mol. The van der Waals surface area contributed by atoms with Crippen molar-refractivity contribution in [2.75, 3.05) is 34.3 Å². The van der Waals surface area contributed by atoms with Gasteiger partial charge in [-0.05, 0) is 49.0 Å². The Kier molecular flexibility index (Phi) is 8.12. The molecule has 0 saturated carbocycles. The lowest BCUT2D eigenvalue weighted by Crippen LogP contribution is -2.34. The summed E-state index contributed by atoms with van der Waals surface area (Å²) in [6.07, 6.45) is 0.344. The molecule has 1 aromatic heterocycles. The Labute approximate surface area is 193 Å². The van der Waals surface area contributed by atoms with Gasteiger partial charge in [0.15, 0.2) is 11.9 Å².